The second-order valence-electron chi connectivity index (χ2n) is 19.3. The van der Waals surface area contributed by atoms with Gasteiger partial charge in [-0.15, -0.1) is 68.0 Å². The van der Waals surface area contributed by atoms with Gasteiger partial charge < -0.3 is 41.3 Å². The van der Waals surface area contributed by atoms with Gasteiger partial charge in [0.05, 0.1) is 48.5 Å². The van der Waals surface area contributed by atoms with Crippen LogP contribution in [-0.4, -0.2) is 116 Å². The maximum atomic E-state index is 15.2. The van der Waals surface area contributed by atoms with Gasteiger partial charge in [-0.3, -0.25) is 24.0 Å². The first-order chi connectivity index (χ1) is 39.5. The number of nitrogens with one attached hydrogen (secondary N) is 2. The van der Waals surface area contributed by atoms with Crippen LogP contribution < -0.4 is 21.1 Å². The molecule has 0 unspecified atom stereocenters. The number of carboxylic acid groups (broad SMARTS) is 1. The molecule has 418 valence electrons. The third-order valence-electron chi connectivity index (χ3n) is 13.9. The van der Waals surface area contributed by atoms with Gasteiger partial charge in [-0.2, -0.15) is 0 Å². The number of aryl methyl sites for hydroxylation is 1. The second kappa shape index (κ2) is 23.5. The number of nitrogens with zero attached hydrogens (tertiary/aromatic N) is 8. The number of carbonyl (C=O) groups is 6. The number of Topliss-reactive ketones (excluding diaryl/α,β-unsaturated/α-hetero) is 1. The number of hydrogen-bond acceptors (Lipinski definition) is 22. The van der Waals surface area contributed by atoms with Crippen LogP contribution in [0.2, 0.25) is 0 Å². The predicted octanol–water partition coefficient (Wildman–Crippen LogP) is 8.18. The highest BCUT2D eigenvalue weighted by Crippen LogP contribution is 2.43. The van der Waals surface area contributed by atoms with Gasteiger partial charge in [0.15, 0.2) is 11.5 Å². The number of benzene rings is 2. The number of pyridine rings is 1. The molecule has 1 fully saturated rings. The fourth-order valence-corrected chi connectivity index (χ4v) is 15.1. The predicted molar refractivity (Wildman–Crippen MR) is 309 cm³/mol. The number of amides is 4. The van der Waals surface area contributed by atoms with Crippen molar-refractivity contribution in [2.24, 2.45) is 11.7 Å². The molecule has 0 radical (unpaired) electrons. The van der Waals surface area contributed by atoms with Crippen molar-refractivity contribution < 1.29 is 48.8 Å². The standard InChI is InChI=1S/C55H47N11O10S6/c1-24-40(68)18-66-44(24)53-63-37(22-81-53)51-60-34(19-79-51)43-29(13-14-31(57-43)50-64-38(23-80-50)55(74)75)48-61-35(20-77-48)46(71)58-32(17-41(56)69)52-65-42(25(2)82-52)39(67)16-30(45(70)27-7-5-4-6-8-27)49-62-36(21-78-49)47(72)59-33(54(66)73)15-26-9-11-28(76-3)12-10-26/h4-14,19-24,30,32-33,40,44-45,68,70H,15-18H2,1-3H3,(H2,56,69)(H,58,71)(H,59,72)(H,74,75)/t24-,30-,32-,33-,40-,44-,45+/m0/s1. The summed E-state index contributed by atoms with van der Waals surface area (Å²) < 4.78 is 5.39. The number of methoxy groups -OCH3 is 1. The number of carboxylic acids is 1. The molecule has 7 N–H and O–H groups in total. The maximum Gasteiger partial charge on any atom is 0.355 e. The fourth-order valence-electron chi connectivity index (χ4n) is 9.68. The van der Waals surface area contributed by atoms with E-state index in [1.807, 2.05) is 12.3 Å². The summed E-state index contributed by atoms with van der Waals surface area (Å²) in [5.74, 6) is -5.21. The second-order valence-corrected chi connectivity index (χ2v) is 24.9. The van der Waals surface area contributed by atoms with E-state index in [4.69, 9.17) is 35.4 Å². The van der Waals surface area contributed by atoms with Crippen molar-refractivity contribution in [2.75, 3.05) is 13.7 Å². The first-order valence-corrected chi connectivity index (χ1v) is 30.5. The highest BCUT2D eigenvalue weighted by molar-refractivity contribution is 7.15. The van der Waals surface area contributed by atoms with Crippen LogP contribution in [0, 0.1) is 12.8 Å². The van der Waals surface area contributed by atoms with Gasteiger partial charge in [-0.1, -0.05) is 49.4 Å². The van der Waals surface area contributed by atoms with Crippen LogP contribution in [0.15, 0.2) is 93.6 Å². The molecule has 2 aliphatic rings. The first kappa shape index (κ1) is 56.0. The van der Waals surface area contributed by atoms with E-state index in [-0.39, 0.29) is 58.6 Å². The Balaban J connectivity index is 1.02. The van der Waals surface area contributed by atoms with E-state index in [2.05, 4.69) is 20.6 Å². The summed E-state index contributed by atoms with van der Waals surface area (Å²) >= 11 is 6.94. The van der Waals surface area contributed by atoms with Crippen LogP contribution in [0.5, 0.6) is 5.75 Å². The lowest BCUT2D eigenvalue weighted by molar-refractivity contribution is -0.134. The Morgan fingerprint density at radius 2 is 1.37 bits per heavy atom. The number of aliphatic hydroxyl groups is 2. The third-order valence-corrected chi connectivity index (χ3v) is 19.5. The van der Waals surface area contributed by atoms with E-state index in [9.17, 15) is 39.3 Å². The Morgan fingerprint density at radius 3 is 2.10 bits per heavy atom. The lowest BCUT2D eigenvalue weighted by Gasteiger charge is -2.29. The third kappa shape index (κ3) is 11.5. The van der Waals surface area contributed by atoms with Gasteiger partial charge in [0.25, 0.3) is 11.8 Å². The molecule has 11 rings (SSSR count). The summed E-state index contributed by atoms with van der Waals surface area (Å²) in [6, 6.07) is 16.2. The number of primary amides is 1. The molecule has 27 heteroatoms. The highest BCUT2D eigenvalue weighted by Gasteiger charge is 2.45. The number of rotatable bonds is 9. The smallest absolute Gasteiger partial charge is 0.355 e. The minimum atomic E-state index is -1.29. The van der Waals surface area contributed by atoms with Crippen molar-refractivity contribution in [1.82, 2.24) is 50.4 Å². The number of ketones is 1. The maximum absolute atomic E-state index is 15.2. The number of aromatic carboxylic acids is 1. The highest BCUT2D eigenvalue weighted by atomic mass is 32.1. The van der Waals surface area contributed by atoms with E-state index in [1.54, 1.807) is 83.9 Å². The normalized spacial score (nSPS) is 19.9. The summed E-state index contributed by atoms with van der Waals surface area (Å²) in [7, 11) is 1.54. The molecule has 10 bridgehead atoms. The average molecular weight is 1210 g/mol. The van der Waals surface area contributed by atoms with Gasteiger partial charge in [-0.05, 0) is 42.3 Å². The summed E-state index contributed by atoms with van der Waals surface area (Å²) in [5.41, 5.74) is 8.73. The van der Waals surface area contributed by atoms with Gasteiger partial charge in [0, 0.05) is 68.6 Å². The summed E-state index contributed by atoms with van der Waals surface area (Å²) in [4.78, 5) is 118. The number of carbonyl (C=O) groups excluding carboxylic acids is 5. The molecule has 0 saturated carbocycles. The van der Waals surface area contributed by atoms with Crippen molar-refractivity contribution in [3.8, 4) is 49.1 Å². The summed E-state index contributed by atoms with van der Waals surface area (Å²) in [6.07, 6.45) is -2.91. The number of fused-ring (bicyclic) bond motifs is 16. The zero-order chi connectivity index (χ0) is 57.5. The number of hydrogen-bond donors (Lipinski definition) is 6. The molecule has 2 aromatic carbocycles. The van der Waals surface area contributed by atoms with E-state index < -0.39 is 77.6 Å². The largest absolute Gasteiger partial charge is 0.497 e. The molecular formula is C55H47N11O10S6. The van der Waals surface area contributed by atoms with E-state index in [0.29, 0.717) is 70.1 Å². The topological polar surface area (TPSA) is 316 Å². The van der Waals surface area contributed by atoms with E-state index in [0.717, 1.165) is 45.3 Å². The van der Waals surface area contributed by atoms with Crippen molar-refractivity contribution in [1.29, 1.82) is 0 Å². The molecule has 7 atom stereocenters. The van der Waals surface area contributed by atoms with Crippen molar-refractivity contribution in [3.63, 3.8) is 0 Å². The van der Waals surface area contributed by atoms with Gasteiger partial charge >= 0.3 is 5.97 Å². The Bertz CT molecular complexity index is 3910. The van der Waals surface area contributed by atoms with Crippen LogP contribution in [0.1, 0.15) is 117 Å². The molecule has 9 aromatic rings. The lowest BCUT2D eigenvalue weighted by atomic mass is 9.90. The fraction of sp³-hybridized carbons (Fsp3) is 0.255. The summed E-state index contributed by atoms with van der Waals surface area (Å²) in [6.45, 7) is 3.44. The van der Waals surface area contributed by atoms with Crippen molar-refractivity contribution in [2.45, 2.75) is 69.4 Å². The summed E-state index contributed by atoms with van der Waals surface area (Å²) in [5, 5.41) is 49.2. The molecule has 21 nitrogen and oxygen atoms in total. The Kier molecular flexibility index (Phi) is 16.1. The molecule has 2 aliphatic heterocycles. The SMILES string of the molecule is COc1ccc(C[C@@H]2NC(=O)c3csc(n3)[C@H]([C@H](O)c3ccccc3)CC(=O)c3nc(sc3C)[C@H](CC(N)=O)NC(=O)c3csc(n3)-c3ccc(-c4nc(C(=O)O)cs4)nc3-c3csc(n3)-c3csc(n3)[C@@H]3[C@@H](C)[C@@H](O)CN3C2=O)cc1. The molecular weight excluding hydrogens is 1170 g/mol. The van der Waals surface area contributed by atoms with Crippen LogP contribution in [0.25, 0.3) is 43.4 Å². The minimum Gasteiger partial charge on any atom is -0.497 e. The molecule has 0 aliphatic carbocycles. The number of aromatic nitrogens is 7. The molecule has 82 heavy (non-hydrogen) atoms. The van der Waals surface area contributed by atoms with Gasteiger partial charge in [0.1, 0.15) is 71.0 Å². The van der Waals surface area contributed by atoms with Gasteiger partial charge in [-0.25, -0.2) is 39.7 Å². The number of ether oxygens (including phenoxy) is 1. The molecule has 7 aromatic heterocycles. The number of aliphatic hydroxyl groups excluding tert-OH is 2. The lowest BCUT2D eigenvalue weighted by Crippen LogP contribution is -2.50. The average Bonchev–Trinajstić information content (AvgIpc) is 4.44. The quantitative estimate of drug-likeness (QED) is 0.0793. The molecule has 4 amide bonds. The van der Waals surface area contributed by atoms with Crippen molar-refractivity contribution in [3.05, 3.63) is 147 Å². The first-order valence-electron chi connectivity index (χ1n) is 25.3. The van der Waals surface area contributed by atoms with Crippen LogP contribution >= 0.6 is 68.0 Å². The van der Waals surface area contributed by atoms with Crippen molar-refractivity contribution >= 4 is 103 Å². The minimum absolute atomic E-state index is 0.0156. The van der Waals surface area contributed by atoms with E-state index in [1.165, 1.54) is 45.9 Å². The molecule has 0 spiro atoms. The monoisotopic (exact) mass is 1210 g/mol. The van der Waals surface area contributed by atoms with Gasteiger partial charge in [0.2, 0.25) is 11.8 Å². The zero-order valence-corrected chi connectivity index (χ0v) is 48.3. The number of nitrogens with two attached hydrogens (primary N) is 1. The zero-order valence-electron chi connectivity index (χ0n) is 43.4. The van der Waals surface area contributed by atoms with Crippen LogP contribution in [0.4, 0.5) is 0 Å². The van der Waals surface area contributed by atoms with E-state index >= 15 is 4.79 Å². The Hall–Kier alpha value is -7.89. The van der Waals surface area contributed by atoms with Crippen LogP contribution in [0.3, 0.4) is 0 Å². The molecule has 9 heterocycles. The molecule has 1 saturated heterocycles. The number of thiazole rings is 6. The Labute approximate surface area is 490 Å². The van der Waals surface area contributed by atoms with Crippen LogP contribution in [-0.2, 0) is 16.0 Å². The Morgan fingerprint density at radius 1 is 0.720 bits per heavy atom.